The van der Waals surface area contributed by atoms with E-state index in [4.69, 9.17) is 0 Å². The lowest BCUT2D eigenvalue weighted by Gasteiger charge is -2.11. The molecule has 2 N–H and O–H groups in total. The Hall–Kier alpha value is -3.44. The Morgan fingerprint density at radius 2 is 1.68 bits per heavy atom. The number of fused-ring (bicyclic) bond motifs is 1. The van der Waals surface area contributed by atoms with Crippen molar-refractivity contribution in [1.82, 2.24) is 20.3 Å². The van der Waals surface area contributed by atoms with Gasteiger partial charge in [0.15, 0.2) is 11.6 Å². The highest BCUT2D eigenvalue weighted by Gasteiger charge is 2.31. The molecule has 3 aromatic rings. The number of carbonyl (C=O) groups is 1. The maximum atomic E-state index is 12.2. The number of carbonyl (C=O) groups excluding carboxylic acids is 1. The van der Waals surface area contributed by atoms with Gasteiger partial charge in [-0.1, -0.05) is 0 Å². The Morgan fingerprint density at radius 1 is 1.08 bits per heavy atom. The maximum Gasteiger partial charge on any atom is 0.573 e. The molecule has 1 amide bonds. The summed E-state index contributed by atoms with van der Waals surface area (Å²) in [5, 5.41) is 12.3. The fraction of sp³-hybridized carbons (Fsp3) is 0.154. The molecule has 0 saturated carbocycles. The zero-order valence-corrected chi connectivity index (χ0v) is 12.5. The molecule has 0 spiro atoms. The number of amides is 1. The third-order valence-corrected chi connectivity index (χ3v) is 2.76. The normalized spacial score (nSPS) is 11.4. The zero-order valence-electron chi connectivity index (χ0n) is 12.5. The van der Waals surface area contributed by atoms with Crippen LogP contribution in [0.3, 0.4) is 0 Å². The number of rotatable bonds is 4. The highest BCUT2D eigenvalue weighted by atomic mass is 19.4. The summed E-state index contributed by atoms with van der Waals surface area (Å²) in [5.41, 5.74) is 0.558. The lowest BCUT2D eigenvalue weighted by atomic mass is 10.3. The van der Waals surface area contributed by atoms with Gasteiger partial charge in [-0.05, 0) is 34.6 Å². The Bertz CT molecular complexity index is 910. The molecule has 0 bridgehead atoms. The molecule has 0 atom stereocenters. The molecule has 0 radical (unpaired) electrons. The van der Waals surface area contributed by atoms with Gasteiger partial charge in [-0.25, -0.2) is 14.6 Å². The number of halogens is 3. The zero-order chi connectivity index (χ0) is 18.0. The van der Waals surface area contributed by atoms with Crippen molar-refractivity contribution >= 4 is 34.5 Å². The van der Waals surface area contributed by atoms with Crippen LogP contribution in [0.5, 0.6) is 5.75 Å². The van der Waals surface area contributed by atoms with Crippen LogP contribution in [-0.2, 0) is 4.79 Å². The van der Waals surface area contributed by atoms with E-state index in [2.05, 4.69) is 40.3 Å². The molecule has 2 heterocycles. The average molecular weight is 354 g/mol. The summed E-state index contributed by atoms with van der Waals surface area (Å²) in [7, 11) is 0. The molecule has 2 aromatic heterocycles. The minimum Gasteiger partial charge on any atom is -0.406 e. The smallest absolute Gasteiger partial charge is 0.406 e. The molecule has 0 aliphatic carbocycles. The number of nitrogens with zero attached hydrogens (tertiary/aromatic N) is 4. The molecule has 1 aromatic carbocycles. The van der Waals surface area contributed by atoms with Crippen molar-refractivity contribution in [2.24, 2.45) is 0 Å². The highest BCUT2D eigenvalue weighted by molar-refractivity contribution is 5.92. The van der Waals surface area contributed by atoms with Crippen LogP contribution in [0.2, 0.25) is 0 Å². The first-order valence-electron chi connectivity index (χ1n) is 6.71. The first kappa shape index (κ1) is 16.4. The summed E-state index contributed by atoms with van der Waals surface area (Å²) < 4.78 is 44.8. The van der Waals surface area contributed by atoms with Gasteiger partial charge in [0.2, 0.25) is 17.2 Å². The second-order valence-electron chi connectivity index (χ2n) is 4.71. The highest BCUT2D eigenvalue weighted by Crippen LogP contribution is 2.27. The number of hydrogen-bond donors (Lipinski definition) is 2. The molecule has 130 valence electrons. The number of anilines is 3. The third-order valence-electron chi connectivity index (χ3n) is 2.76. The van der Waals surface area contributed by atoms with Crippen molar-refractivity contribution in [2.75, 3.05) is 10.6 Å². The monoisotopic (exact) mass is 354 g/mol. The second-order valence-corrected chi connectivity index (χ2v) is 4.71. The third kappa shape index (κ3) is 4.10. The summed E-state index contributed by atoms with van der Waals surface area (Å²) >= 11 is 0. The molecule has 9 nitrogen and oxygen atoms in total. The SMILES string of the molecule is CC(=O)Nc1nc2nonc2nc1Nc1ccc(OC(F)(F)F)cc1. The maximum absolute atomic E-state index is 12.2. The number of aromatic nitrogens is 4. The number of benzene rings is 1. The quantitative estimate of drug-likeness (QED) is 0.735. The first-order chi connectivity index (χ1) is 11.8. The first-order valence-corrected chi connectivity index (χ1v) is 6.71. The molecule has 0 aliphatic rings. The summed E-state index contributed by atoms with van der Waals surface area (Å²) in [6.07, 6.45) is -4.77. The lowest BCUT2D eigenvalue weighted by Crippen LogP contribution is -2.17. The van der Waals surface area contributed by atoms with Gasteiger partial charge in [-0.3, -0.25) is 4.79 Å². The second kappa shape index (κ2) is 6.22. The predicted molar refractivity (Wildman–Crippen MR) is 78.1 cm³/mol. The van der Waals surface area contributed by atoms with Crippen molar-refractivity contribution < 1.29 is 27.3 Å². The van der Waals surface area contributed by atoms with Gasteiger partial charge < -0.3 is 15.4 Å². The number of alkyl halides is 3. The van der Waals surface area contributed by atoms with Gasteiger partial charge in [-0.2, -0.15) is 0 Å². The van der Waals surface area contributed by atoms with Crippen molar-refractivity contribution in [3.8, 4) is 5.75 Å². The minimum atomic E-state index is -4.77. The largest absolute Gasteiger partial charge is 0.573 e. The van der Waals surface area contributed by atoms with Crippen molar-refractivity contribution in [3.63, 3.8) is 0 Å². The van der Waals surface area contributed by atoms with E-state index < -0.39 is 12.3 Å². The minimum absolute atomic E-state index is 0.0614. The average Bonchev–Trinajstić information content (AvgIpc) is 2.94. The van der Waals surface area contributed by atoms with Gasteiger partial charge >= 0.3 is 6.36 Å². The Balaban J connectivity index is 1.87. The fourth-order valence-electron chi connectivity index (χ4n) is 1.86. The van der Waals surface area contributed by atoms with Crippen LogP contribution in [0.15, 0.2) is 28.9 Å². The van der Waals surface area contributed by atoms with E-state index in [1.54, 1.807) is 0 Å². The molecule has 12 heteroatoms. The van der Waals surface area contributed by atoms with Crippen LogP contribution in [0.4, 0.5) is 30.5 Å². The van der Waals surface area contributed by atoms with Crippen molar-refractivity contribution in [1.29, 1.82) is 0 Å². The van der Waals surface area contributed by atoms with E-state index in [9.17, 15) is 18.0 Å². The van der Waals surface area contributed by atoms with E-state index in [-0.39, 0.29) is 28.7 Å². The summed E-state index contributed by atoms with van der Waals surface area (Å²) in [6.45, 7) is 1.28. The van der Waals surface area contributed by atoms with Crippen LogP contribution in [-0.4, -0.2) is 32.6 Å². The van der Waals surface area contributed by atoms with Gasteiger partial charge in [0.05, 0.1) is 0 Å². The van der Waals surface area contributed by atoms with Crippen molar-refractivity contribution in [2.45, 2.75) is 13.3 Å². The Morgan fingerprint density at radius 3 is 2.24 bits per heavy atom. The van der Waals surface area contributed by atoms with Gasteiger partial charge in [-0.15, -0.1) is 13.2 Å². The molecular weight excluding hydrogens is 345 g/mol. The molecule has 0 unspecified atom stereocenters. The van der Waals surface area contributed by atoms with E-state index in [0.717, 1.165) is 12.1 Å². The van der Waals surface area contributed by atoms with E-state index in [1.165, 1.54) is 19.1 Å². The Labute approximate surface area is 137 Å². The van der Waals surface area contributed by atoms with Gasteiger partial charge in [0.25, 0.3) is 0 Å². The summed E-state index contributed by atoms with van der Waals surface area (Å²) in [4.78, 5) is 19.4. The van der Waals surface area contributed by atoms with E-state index in [1.807, 2.05) is 0 Å². The van der Waals surface area contributed by atoms with Crippen LogP contribution in [0.1, 0.15) is 6.92 Å². The Kier molecular flexibility index (Phi) is 4.09. The van der Waals surface area contributed by atoms with Gasteiger partial charge in [0.1, 0.15) is 5.75 Å². The van der Waals surface area contributed by atoms with Crippen LogP contribution in [0, 0.1) is 0 Å². The summed E-state index contributed by atoms with van der Waals surface area (Å²) in [5.74, 6) is -0.598. The van der Waals surface area contributed by atoms with Gasteiger partial charge in [0, 0.05) is 12.6 Å². The molecule has 25 heavy (non-hydrogen) atoms. The number of hydrogen-bond acceptors (Lipinski definition) is 8. The van der Waals surface area contributed by atoms with Crippen LogP contribution < -0.4 is 15.4 Å². The van der Waals surface area contributed by atoms with E-state index in [0.29, 0.717) is 5.69 Å². The van der Waals surface area contributed by atoms with Crippen LogP contribution >= 0.6 is 0 Å². The van der Waals surface area contributed by atoms with E-state index >= 15 is 0 Å². The molecule has 0 fully saturated rings. The lowest BCUT2D eigenvalue weighted by molar-refractivity contribution is -0.274. The topological polar surface area (TPSA) is 115 Å². The number of nitrogens with one attached hydrogen (secondary N) is 2. The summed E-state index contributed by atoms with van der Waals surface area (Å²) in [6, 6.07) is 4.92. The number of ether oxygens (including phenoxy) is 1. The van der Waals surface area contributed by atoms with Crippen LogP contribution in [0.25, 0.3) is 11.3 Å². The molecule has 0 aliphatic heterocycles. The fourth-order valence-corrected chi connectivity index (χ4v) is 1.86. The molecule has 0 saturated heterocycles. The molecular formula is C13H9F3N6O3. The predicted octanol–water partition coefficient (Wildman–Crippen LogP) is 2.61. The van der Waals surface area contributed by atoms with Crippen molar-refractivity contribution in [3.05, 3.63) is 24.3 Å². The molecule has 3 rings (SSSR count). The standard InChI is InChI=1S/C13H9F3N6O3/c1-6(23)17-9-10(20-12-11(19-9)21-25-22-12)18-7-2-4-8(5-3-7)24-13(14,15)16/h2-5H,1H3,(H,18,20,22)(H,17,19,21,23).